The predicted octanol–water partition coefficient (Wildman–Crippen LogP) is 0.280. The molecule has 88 valence electrons. The lowest BCUT2D eigenvalue weighted by Crippen LogP contribution is -2.48. The van der Waals surface area contributed by atoms with Crippen LogP contribution in [-0.4, -0.2) is 55.0 Å². The van der Waals surface area contributed by atoms with Crippen molar-refractivity contribution in [3.63, 3.8) is 0 Å². The first kappa shape index (κ1) is 12.5. The van der Waals surface area contributed by atoms with Crippen LogP contribution in [-0.2, 0) is 4.79 Å². The fraction of sp³-hybridized carbons (Fsp3) is 0.909. The minimum absolute atomic E-state index is 0.305. The average Bonchev–Trinajstić information content (AvgIpc) is 2.29. The second kappa shape index (κ2) is 6.80. The summed E-state index contributed by atoms with van der Waals surface area (Å²) in [6, 6.07) is 0. The van der Waals surface area contributed by atoms with Gasteiger partial charge in [0.25, 0.3) is 0 Å². The lowest BCUT2D eigenvalue weighted by molar-refractivity contribution is -0.133. The van der Waals surface area contributed by atoms with E-state index >= 15 is 0 Å². The number of nitrogens with zero attached hydrogens (tertiary/aromatic N) is 2. The van der Waals surface area contributed by atoms with Gasteiger partial charge in [0.1, 0.15) is 0 Å². The largest absolute Gasteiger partial charge is 0.340 e. The summed E-state index contributed by atoms with van der Waals surface area (Å²) in [5.41, 5.74) is 5.40. The smallest absolute Gasteiger partial charge is 0.222 e. The number of rotatable bonds is 5. The van der Waals surface area contributed by atoms with Gasteiger partial charge in [-0.05, 0) is 25.9 Å². The van der Waals surface area contributed by atoms with Crippen LogP contribution in [0.3, 0.4) is 0 Å². The molecule has 0 unspecified atom stereocenters. The molecule has 0 atom stereocenters. The maximum atomic E-state index is 11.7. The van der Waals surface area contributed by atoms with Gasteiger partial charge in [0.05, 0.1) is 0 Å². The Hall–Kier alpha value is -0.610. The van der Waals surface area contributed by atoms with Crippen LogP contribution < -0.4 is 5.73 Å². The Bertz CT molecular complexity index is 188. The maximum Gasteiger partial charge on any atom is 0.222 e. The van der Waals surface area contributed by atoms with E-state index in [2.05, 4.69) is 11.8 Å². The first-order valence-electron chi connectivity index (χ1n) is 5.98. The highest BCUT2D eigenvalue weighted by atomic mass is 16.2. The Balaban J connectivity index is 2.18. The van der Waals surface area contributed by atoms with E-state index in [0.717, 1.165) is 45.6 Å². The third kappa shape index (κ3) is 4.18. The zero-order chi connectivity index (χ0) is 11.1. The standard InChI is InChI=1S/C11H23N3O/c1-2-13-7-9-14(10-8-13)11(15)5-3-4-6-12/h2-10,12H2,1H3. The molecule has 1 saturated heterocycles. The quantitative estimate of drug-likeness (QED) is 0.667. The molecule has 2 N–H and O–H groups in total. The summed E-state index contributed by atoms with van der Waals surface area (Å²) >= 11 is 0. The van der Waals surface area contributed by atoms with E-state index in [-0.39, 0.29) is 0 Å². The molecule has 1 fully saturated rings. The van der Waals surface area contributed by atoms with Gasteiger partial charge in [0.2, 0.25) is 5.91 Å². The molecule has 0 spiro atoms. The maximum absolute atomic E-state index is 11.7. The van der Waals surface area contributed by atoms with Crippen molar-refractivity contribution in [2.75, 3.05) is 39.3 Å². The minimum Gasteiger partial charge on any atom is -0.340 e. The van der Waals surface area contributed by atoms with E-state index < -0.39 is 0 Å². The predicted molar refractivity (Wildman–Crippen MR) is 61.6 cm³/mol. The number of amides is 1. The molecule has 0 bridgehead atoms. The first-order valence-corrected chi connectivity index (χ1v) is 5.98. The molecule has 4 nitrogen and oxygen atoms in total. The molecule has 0 saturated carbocycles. The number of hydrogen-bond acceptors (Lipinski definition) is 3. The summed E-state index contributed by atoms with van der Waals surface area (Å²) in [4.78, 5) is 16.1. The van der Waals surface area contributed by atoms with Crippen LogP contribution in [0.25, 0.3) is 0 Å². The van der Waals surface area contributed by atoms with Gasteiger partial charge in [-0.15, -0.1) is 0 Å². The second-order valence-corrected chi connectivity index (χ2v) is 4.06. The number of carbonyl (C=O) groups excluding carboxylic acids is 1. The lowest BCUT2D eigenvalue weighted by Gasteiger charge is -2.34. The Kier molecular flexibility index (Phi) is 5.65. The van der Waals surface area contributed by atoms with Gasteiger partial charge >= 0.3 is 0 Å². The van der Waals surface area contributed by atoms with E-state index in [4.69, 9.17) is 5.73 Å². The second-order valence-electron chi connectivity index (χ2n) is 4.06. The third-order valence-corrected chi connectivity index (χ3v) is 3.02. The highest BCUT2D eigenvalue weighted by Gasteiger charge is 2.19. The van der Waals surface area contributed by atoms with Gasteiger partial charge in [0, 0.05) is 32.6 Å². The first-order chi connectivity index (χ1) is 7.27. The summed E-state index contributed by atoms with van der Waals surface area (Å²) in [5.74, 6) is 0.305. The van der Waals surface area contributed by atoms with Gasteiger partial charge in [0.15, 0.2) is 0 Å². The van der Waals surface area contributed by atoms with Crippen molar-refractivity contribution in [3.8, 4) is 0 Å². The van der Waals surface area contributed by atoms with Crippen LogP contribution >= 0.6 is 0 Å². The highest BCUT2D eigenvalue weighted by molar-refractivity contribution is 5.76. The van der Waals surface area contributed by atoms with Gasteiger partial charge in [-0.25, -0.2) is 0 Å². The van der Waals surface area contributed by atoms with Gasteiger partial charge in [-0.2, -0.15) is 0 Å². The summed E-state index contributed by atoms with van der Waals surface area (Å²) in [6.45, 7) is 7.80. The summed E-state index contributed by atoms with van der Waals surface area (Å²) < 4.78 is 0. The van der Waals surface area contributed by atoms with Gasteiger partial charge < -0.3 is 15.5 Å². The lowest BCUT2D eigenvalue weighted by atomic mass is 10.2. The molecule has 0 aliphatic carbocycles. The normalized spacial score (nSPS) is 18.1. The molecule has 1 heterocycles. The molecule has 0 aromatic rings. The molecule has 1 amide bonds. The van der Waals surface area contributed by atoms with Crippen LogP contribution in [0.5, 0.6) is 0 Å². The van der Waals surface area contributed by atoms with Crippen LogP contribution in [0.2, 0.25) is 0 Å². The van der Waals surface area contributed by atoms with Crippen molar-refractivity contribution in [3.05, 3.63) is 0 Å². The molecule has 15 heavy (non-hydrogen) atoms. The summed E-state index contributed by atoms with van der Waals surface area (Å²) in [6.07, 6.45) is 2.56. The van der Waals surface area contributed by atoms with Gasteiger partial charge in [-0.1, -0.05) is 6.92 Å². The molecule has 0 radical (unpaired) electrons. The van der Waals surface area contributed by atoms with Crippen molar-refractivity contribution in [2.45, 2.75) is 26.2 Å². The molecular weight excluding hydrogens is 190 g/mol. The topological polar surface area (TPSA) is 49.6 Å². The SMILES string of the molecule is CCN1CCN(C(=O)CCCCN)CC1. The summed E-state index contributed by atoms with van der Waals surface area (Å²) in [5, 5.41) is 0. The number of piperazine rings is 1. The summed E-state index contributed by atoms with van der Waals surface area (Å²) in [7, 11) is 0. The van der Waals surface area contributed by atoms with E-state index in [0.29, 0.717) is 18.9 Å². The number of carbonyl (C=O) groups is 1. The van der Waals surface area contributed by atoms with E-state index in [1.54, 1.807) is 0 Å². The van der Waals surface area contributed by atoms with E-state index in [1.807, 2.05) is 4.90 Å². The number of unbranched alkanes of at least 4 members (excludes halogenated alkanes) is 1. The van der Waals surface area contributed by atoms with E-state index in [9.17, 15) is 4.79 Å². The zero-order valence-corrected chi connectivity index (χ0v) is 9.74. The Morgan fingerprint density at radius 2 is 1.87 bits per heavy atom. The van der Waals surface area contributed by atoms with Crippen LogP contribution in [0.15, 0.2) is 0 Å². The minimum atomic E-state index is 0.305. The number of hydrogen-bond donors (Lipinski definition) is 1. The monoisotopic (exact) mass is 213 g/mol. The van der Waals surface area contributed by atoms with Crippen molar-refractivity contribution in [2.24, 2.45) is 5.73 Å². The molecule has 0 aromatic carbocycles. The van der Waals surface area contributed by atoms with Crippen molar-refractivity contribution < 1.29 is 4.79 Å². The van der Waals surface area contributed by atoms with Crippen molar-refractivity contribution in [1.82, 2.24) is 9.80 Å². The molecule has 1 aliphatic rings. The van der Waals surface area contributed by atoms with Crippen molar-refractivity contribution in [1.29, 1.82) is 0 Å². The Labute approximate surface area is 92.4 Å². The van der Waals surface area contributed by atoms with Crippen molar-refractivity contribution >= 4 is 5.91 Å². The van der Waals surface area contributed by atoms with Gasteiger partial charge in [-0.3, -0.25) is 4.79 Å². The van der Waals surface area contributed by atoms with E-state index in [1.165, 1.54) is 0 Å². The Morgan fingerprint density at radius 3 is 2.40 bits per heavy atom. The molecular formula is C11H23N3O. The fourth-order valence-corrected chi connectivity index (χ4v) is 1.89. The molecule has 0 aromatic heterocycles. The number of nitrogens with two attached hydrogens (primary N) is 1. The molecule has 1 rings (SSSR count). The average molecular weight is 213 g/mol. The third-order valence-electron chi connectivity index (χ3n) is 3.02. The zero-order valence-electron chi connectivity index (χ0n) is 9.74. The van der Waals surface area contributed by atoms with Crippen LogP contribution in [0.4, 0.5) is 0 Å². The van der Waals surface area contributed by atoms with Crippen LogP contribution in [0, 0.1) is 0 Å². The van der Waals surface area contributed by atoms with Crippen LogP contribution in [0.1, 0.15) is 26.2 Å². The number of likely N-dealkylation sites (N-methyl/N-ethyl adjacent to an activating group) is 1. The fourth-order valence-electron chi connectivity index (χ4n) is 1.89. The molecule has 4 heteroatoms. The Morgan fingerprint density at radius 1 is 1.20 bits per heavy atom. The highest BCUT2D eigenvalue weighted by Crippen LogP contribution is 2.05. The molecule has 1 aliphatic heterocycles.